The Kier molecular flexibility index (Phi) is 6.63. The average Bonchev–Trinajstić information content (AvgIpc) is 3.09. The molecule has 7 nitrogen and oxygen atoms in total. The predicted octanol–water partition coefficient (Wildman–Crippen LogP) is 5.67. The Hall–Kier alpha value is -3.19. The van der Waals surface area contributed by atoms with E-state index in [4.69, 9.17) is 19.9 Å². The SMILES string of the molecule is CCCNC(=O)Oc1ccc(-c2c(N)c3ccc(OC4CCOCC4)cc3n2C2CCC2)cc1. The molecule has 3 N–H and O–H groups in total. The molecule has 1 saturated carbocycles. The van der Waals surface area contributed by atoms with E-state index >= 15 is 0 Å². The van der Waals surface area contributed by atoms with E-state index in [2.05, 4.69) is 22.0 Å². The second-order valence-corrected chi connectivity index (χ2v) is 9.17. The van der Waals surface area contributed by atoms with Gasteiger partial charge < -0.3 is 29.8 Å². The highest BCUT2D eigenvalue weighted by molar-refractivity contribution is 6.01. The minimum Gasteiger partial charge on any atom is -0.490 e. The van der Waals surface area contributed by atoms with Crippen molar-refractivity contribution in [3.8, 4) is 22.8 Å². The second kappa shape index (κ2) is 9.97. The first kappa shape index (κ1) is 22.6. The van der Waals surface area contributed by atoms with Crippen molar-refractivity contribution in [2.45, 2.75) is 57.6 Å². The van der Waals surface area contributed by atoms with Crippen LogP contribution in [0.4, 0.5) is 10.5 Å². The van der Waals surface area contributed by atoms with Crippen molar-refractivity contribution >= 4 is 22.7 Å². The third-order valence-electron chi connectivity index (χ3n) is 6.78. The molecule has 2 fully saturated rings. The molecule has 1 aliphatic heterocycles. The van der Waals surface area contributed by atoms with Gasteiger partial charge in [-0.3, -0.25) is 0 Å². The highest BCUT2D eigenvalue weighted by Crippen LogP contribution is 2.45. The van der Waals surface area contributed by atoms with Gasteiger partial charge in [0, 0.05) is 42.4 Å². The summed E-state index contributed by atoms with van der Waals surface area (Å²) >= 11 is 0. The van der Waals surface area contributed by atoms with E-state index in [1.54, 1.807) is 0 Å². The molecule has 0 atom stereocenters. The normalized spacial score (nSPS) is 16.9. The summed E-state index contributed by atoms with van der Waals surface area (Å²) in [6, 6.07) is 14.2. The first-order chi connectivity index (χ1) is 16.6. The maximum atomic E-state index is 11.9. The summed E-state index contributed by atoms with van der Waals surface area (Å²) < 4.78 is 19.5. The van der Waals surface area contributed by atoms with Crippen LogP contribution in [0.15, 0.2) is 42.5 Å². The Morgan fingerprint density at radius 2 is 1.82 bits per heavy atom. The Bertz CT molecular complexity index is 1140. The third-order valence-corrected chi connectivity index (χ3v) is 6.78. The lowest BCUT2D eigenvalue weighted by Crippen LogP contribution is -2.27. The molecular formula is C27H33N3O4. The number of rotatable bonds is 7. The number of nitrogens with one attached hydrogen (secondary N) is 1. The zero-order valence-electron chi connectivity index (χ0n) is 19.7. The number of carbonyl (C=O) groups is 1. The van der Waals surface area contributed by atoms with Gasteiger partial charge in [0.25, 0.3) is 0 Å². The first-order valence-electron chi connectivity index (χ1n) is 12.4. The fraction of sp³-hybridized carbons (Fsp3) is 0.444. The Morgan fingerprint density at radius 1 is 1.09 bits per heavy atom. The summed E-state index contributed by atoms with van der Waals surface area (Å²) in [6.45, 7) is 4.10. The van der Waals surface area contributed by atoms with Crippen LogP contribution in [0, 0.1) is 0 Å². The minimum absolute atomic E-state index is 0.192. The van der Waals surface area contributed by atoms with Crippen LogP contribution in [0.1, 0.15) is 51.5 Å². The highest BCUT2D eigenvalue weighted by atomic mass is 16.6. The number of fused-ring (bicyclic) bond motifs is 1. The number of nitrogens with zero attached hydrogens (tertiary/aromatic N) is 1. The highest BCUT2D eigenvalue weighted by Gasteiger charge is 2.27. The largest absolute Gasteiger partial charge is 0.490 e. The van der Waals surface area contributed by atoms with Gasteiger partial charge in [0.15, 0.2) is 0 Å². The molecule has 34 heavy (non-hydrogen) atoms. The van der Waals surface area contributed by atoms with Crippen molar-refractivity contribution in [2.24, 2.45) is 0 Å². The van der Waals surface area contributed by atoms with Crippen molar-refractivity contribution < 1.29 is 19.0 Å². The van der Waals surface area contributed by atoms with Crippen molar-refractivity contribution in [2.75, 3.05) is 25.5 Å². The molecule has 0 bridgehead atoms. The van der Waals surface area contributed by atoms with Crippen molar-refractivity contribution in [3.05, 3.63) is 42.5 Å². The number of carbonyl (C=O) groups excluding carboxylic acids is 1. The fourth-order valence-electron chi connectivity index (χ4n) is 4.75. The molecule has 1 aromatic heterocycles. The number of aromatic nitrogens is 1. The van der Waals surface area contributed by atoms with E-state index in [0.717, 1.165) is 78.9 Å². The summed E-state index contributed by atoms with van der Waals surface area (Å²) in [5, 5.41) is 3.77. The molecule has 0 spiro atoms. The number of anilines is 1. The molecule has 180 valence electrons. The summed E-state index contributed by atoms with van der Waals surface area (Å²) in [5.41, 5.74) is 10.6. The van der Waals surface area contributed by atoms with Crippen LogP contribution in [0.3, 0.4) is 0 Å². The number of nitrogens with two attached hydrogens (primary N) is 1. The summed E-state index contributed by atoms with van der Waals surface area (Å²) in [6.07, 6.45) is 5.95. The molecule has 2 aromatic carbocycles. The standard InChI is InChI=1S/C27H33N3O4/c1-2-14-29-27(31)34-20-8-6-18(7-9-20)26-25(28)23-11-10-22(33-21-12-15-32-16-13-21)17-24(23)30(26)19-4-3-5-19/h6-11,17,19,21H,2-5,12-16,28H2,1H3,(H,29,31). The number of benzene rings is 2. The van der Waals surface area contributed by atoms with E-state index in [9.17, 15) is 4.79 Å². The summed E-state index contributed by atoms with van der Waals surface area (Å²) in [5.74, 6) is 1.39. The van der Waals surface area contributed by atoms with Gasteiger partial charge in [-0.1, -0.05) is 6.92 Å². The predicted molar refractivity (Wildman–Crippen MR) is 133 cm³/mol. The quantitative estimate of drug-likeness (QED) is 0.471. The zero-order valence-corrected chi connectivity index (χ0v) is 19.7. The molecule has 0 radical (unpaired) electrons. The van der Waals surface area contributed by atoms with E-state index < -0.39 is 6.09 Å². The minimum atomic E-state index is -0.435. The molecule has 5 rings (SSSR count). The molecule has 1 amide bonds. The van der Waals surface area contributed by atoms with Gasteiger partial charge in [0.2, 0.25) is 0 Å². The van der Waals surface area contributed by atoms with E-state index in [1.807, 2.05) is 37.3 Å². The maximum Gasteiger partial charge on any atom is 0.412 e. The number of nitrogen functional groups attached to an aromatic ring is 1. The van der Waals surface area contributed by atoms with Gasteiger partial charge in [-0.05, 0) is 62.1 Å². The first-order valence-corrected chi connectivity index (χ1v) is 12.4. The van der Waals surface area contributed by atoms with Crippen molar-refractivity contribution in [1.29, 1.82) is 0 Å². The lowest BCUT2D eigenvalue weighted by atomic mass is 9.92. The van der Waals surface area contributed by atoms with Gasteiger partial charge in [0.1, 0.15) is 17.6 Å². The van der Waals surface area contributed by atoms with Crippen molar-refractivity contribution in [1.82, 2.24) is 9.88 Å². The van der Waals surface area contributed by atoms with E-state index in [-0.39, 0.29) is 6.10 Å². The number of ether oxygens (including phenoxy) is 3. The second-order valence-electron chi connectivity index (χ2n) is 9.17. The van der Waals surface area contributed by atoms with Gasteiger partial charge in [0.05, 0.1) is 30.1 Å². The molecule has 0 unspecified atom stereocenters. The van der Waals surface area contributed by atoms with Crippen LogP contribution in [-0.4, -0.2) is 36.5 Å². The molecule has 1 saturated heterocycles. The van der Waals surface area contributed by atoms with Crippen molar-refractivity contribution in [3.63, 3.8) is 0 Å². The lowest BCUT2D eigenvalue weighted by Gasteiger charge is -2.30. The summed E-state index contributed by atoms with van der Waals surface area (Å²) in [4.78, 5) is 11.9. The number of amides is 1. The topological polar surface area (TPSA) is 87.7 Å². The Balaban J connectivity index is 1.46. The fourth-order valence-corrected chi connectivity index (χ4v) is 4.75. The van der Waals surface area contributed by atoms with E-state index in [0.29, 0.717) is 18.3 Å². The Morgan fingerprint density at radius 3 is 2.50 bits per heavy atom. The van der Waals surface area contributed by atoms with Crippen LogP contribution >= 0.6 is 0 Å². The molecule has 2 heterocycles. The average molecular weight is 464 g/mol. The molecule has 2 aliphatic rings. The smallest absolute Gasteiger partial charge is 0.412 e. The molecule has 1 aliphatic carbocycles. The monoisotopic (exact) mass is 463 g/mol. The molecule has 3 aromatic rings. The van der Waals surface area contributed by atoms with Crippen LogP contribution in [0.5, 0.6) is 11.5 Å². The van der Waals surface area contributed by atoms with Crippen LogP contribution in [0.2, 0.25) is 0 Å². The van der Waals surface area contributed by atoms with Gasteiger partial charge in [-0.25, -0.2) is 4.79 Å². The van der Waals surface area contributed by atoms with Crippen LogP contribution < -0.4 is 20.5 Å². The van der Waals surface area contributed by atoms with Crippen LogP contribution in [0.25, 0.3) is 22.2 Å². The third kappa shape index (κ3) is 4.57. The molecular weight excluding hydrogens is 430 g/mol. The van der Waals surface area contributed by atoms with E-state index in [1.165, 1.54) is 6.42 Å². The molecule has 7 heteroatoms. The van der Waals surface area contributed by atoms with Crippen LogP contribution in [-0.2, 0) is 4.74 Å². The summed E-state index contributed by atoms with van der Waals surface area (Å²) in [7, 11) is 0. The lowest BCUT2D eigenvalue weighted by molar-refractivity contribution is 0.0256. The van der Waals surface area contributed by atoms with Gasteiger partial charge in [-0.2, -0.15) is 0 Å². The van der Waals surface area contributed by atoms with Gasteiger partial charge in [-0.15, -0.1) is 0 Å². The Labute approximate surface area is 200 Å². The van der Waals surface area contributed by atoms with Gasteiger partial charge >= 0.3 is 6.09 Å². The number of hydrogen-bond donors (Lipinski definition) is 2. The zero-order chi connectivity index (χ0) is 23.5. The number of hydrogen-bond acceptors (Lipinski definition) is 5. The maximum absolute atomic E-state index is 11.9.